The van der Waals surface area contributed by atoms with Gasteiger partial charge in [-0.25, -0.2) is 0 Å². The van der Waals surface area contributed by atoms with Gasteiger partial charge in [0.1, 0.15) is 11.5 Å². The third-order valence-corrected chi connectivity index (χ3v) is 7.77. The molecule has 0 aromatic heterocycles. The van der Waals surface area contributed by atoms with Gasteiger partial charge in [0.2, 0.25) is 0 Å². The van der Waals surface area contributed by atoms with Crippen LogP contribution >= 0.6 is 0 Å². The van der Waals surface area contributed by atoms with Crippen LogP contribution in [-0.2, 0) is 21.5 Å². The van der Waals surface area contributed by atoms with Crippen molar-refractivity contribution in [3.63, 3.8) is 0 Å². The zero-order valence-electron chi connectivity index (χ0n) is 14.7. The van der Waals surface area contributed by atoms with Gasteiger partial charge in [-0.15, -0.1) is 0 Å². The molecule has 0 amide bonds. The van der Waals surface area contributed by atoms with Crippen molar-refractivity contribution in [1.29, 1.82) is 0 Å². The van der Waals surface area contributed by atoms with E-state index in [1.54, 1.807) is 6.07 Å². The number of aryl methyl sites for hydroxylation is 1. The van der Waals surface area contributed by atoms with Gasteiger partial charge in [-0.1, -0.05) is 13.0 Å². The molecule has 1 aromatic rings. The molecule has 0 unspecified atom stereocenters. The van der Waals surface area contributed by atoms with Crippen molar-refractivity contribution in [3.05, 3.63) is 29.3 Å². The fourth-order valence-corrected chi connectivity index (χ4v) is 5.99. The van der Waals surface area contributed by atoms with E-state index in [2.05, 4.69) is 11.6 Å². The predicted molar refractivity (Wildman–Crippen MR) is 94.7 cm³/mol. The predicted octanol–water partition coefficient (Wildman–Crippen LogP) is 2.95. The molecule has 5 nitrogen and oxygen atoms in total. The SMILES string of the molecule is CNS(=O)(=O)Oc1ccc2c(c1)CC[C@@H]1[C@@H]2CC[C@]2(C)C(=O)CC[C@@H]12. The number of nitrogens with one attached hydrogen (secondary N) is 1. The van der Waals surface area contributed by atoms with E-state index in [1.165, 1.54) is 18.2 Å². The first-order valence-electron chi connectivity index (χ1n) is 9.13. The van der Waals surface area contributed by atoms with Crippen molar-refractivity contribution in [2.45, 2.75) is 51.4 Å². The van der Waals surface area contributed by atoms with Crippen LogP contribution in [-0.4, -0.2) is 21.2 Å². The summed E-state index contributed by atoms with van der Waals surface area (Å²) in [7, 11) is -2.40. The Morgan fingerprint density at radius 2 is 2.00 bits per heavy atom. The Morgan fingerprint density at radius 3 is 2.76 bits per heavy atom. The van der Waals surface area contributed by atoms with Gasteiger partial charge in [-0.05, 0) is 73.1 Å². The standard InChI is InChI=1S/C19H25NO4S/c1-19-10-9-15-14-6-4-13(24-25(22,23)20-2)11-12(14)3-5-16(15)17(19)7-8-18(19)21/h4,6,11,15-17,20H,3,5,7-10H2,1-2H3/t15-,16-,17+,19+/m1/s1. The summed E-state index contributed by atoms with van der Waals surface area (Å²) in [4.78, 5) is 12.4. The van der Waals surface area contributed by atoms with Crippen LogP contribution in [0.5, 0.6) is 5.75 Å². The second kappa shape index (κ2) is 5.81. The summed E-state index contributed by atoms with van der Waals surface area (Å²) >= 11 is 0. The second-order valence-electron chi connectivity index (χ2n) is 7.94. The first kappa shape index (κ1) is 17.0. The van der Waals surface area contributed by atoms with Gasteiger partial charge in [0, 0.05) is 18.9 Å². The van der Waals surface area contributed by atoms with Crippen molar-refractivity contribution in [2.75, 3.05) is 7.05 Å². The van der Waals surface area contributed by atoms with E-state index in [0.29, 0.717) is 29.3 Å². The van der Waals surface area contributed by atoms with Crippen LogP contribution in [0.2, 0.25) is 0 Å². The number of carbonyl (C=O) groups excluding carboxylic acids is 1. The highest BCUT2D eigenvalue weighted by atomic mass is 32.2. The number of rotatable bonds is 3. The molecule has 2 fully saturated rings. The van der Waals surface area contributed by atoms with E-state index < -0.39 is 10.3 Å². The summed E-state index contributed by atoms with van der Waals surface area (Å²) in [5, 5.41) is 0. The summed E-state index contributed by atoms with van der Waals surface area (Å²) in [6.45, 7) is 2.18. The number of Topliss-reactive ketones (excluding diaryl/α,β-unsaturated/α-hetero) is 1. The van der Waals surface area contributed by atoms with Gasteiger partial charge in [-0.2, -0.15) is 13.1 Å². The van der Waals surface area contributed by atoms with Gasteiger partial charge in [0.05, 0.1) is 0 Å². The number of hydrogen-bond donors (Lipinski definition) is 1. The van der Waals surface area contributed by atoms with E-state index in [9.17, 15) is 13.2 Å². The Hall–Kier alpha value is -1.40. The lowest BCUT2D eigenvalue weighted by atomic mass is 9.55. The largest absolute Gasteiger partial charge is 0.382 e. The number of carbonyl (C=O) groups is 1. The molecule has 3 aliphatic rings. The number of benzene rings is 1. The Morgan fingerprint density at radius 1 is 1.20 bits per heavy atom. The Balaban J connectivity index is 1.62. The van der Waals surface area contributed by atoms with Crippen molar-refractivity contribution in [2.24, 2.45) is 17.3 Å². The molecule has 0 radical (unpaired) electrons. The first-order valence-corrected chi connectivity index (χ1v) is 10.5. The Bertz CT molecular complexity index is 819. The molecule has 2 saturated carbocycles. The molecule has 1 aromatic carbocycles. The summed E-state index contributed by atoms with van der Waals surface area (Å²) in [5.74, 6) is 2.40. The van der Waals surface area contributed by atoms with Crippen molar-refractivity contribution in [1.82, 2.24) is 4.72 Å². The van der Waals surface area contributed by atoms with Crippen LogP contribution in [0.1, 0.15) is 56.1 Å². The molecule has 0 bridgehead atoms. The van der Waals surface area contributed by atoms with E-state index in [4.69, 9.17) is 4.18 Å². The Labute approximate surface area is 149 Å². The van der Waals surface area contributed by atoms with Gasteiger partial charge in [-0.3, -0.25) is 4.79 Å². The van der Waals surface area contributed by atoms with E-state index >= 15 is 0 Å². The lowest BCUT2D eigenvalue weighted by Crippen LogP contribution is -2.42. The highest BCUT2D eigenvalue weighted by Crippen LogP contribution is 2.59. The zero-order valence-corrected chi connectivity index (χ0v) is 15.6. The van der Waals surface area contributed by atoms with Gasteiger partial charge < -0.3 is 4.18 Å². The normalized spacial score (nSPS) is 34.2. The van der Waals surface area contributed by atoms with Crippen molar-refractivity contribution >= 4 is 16.1 Å². The van der Waals surface area contributed by atoms with E-state index in [-0.39, 0.29) is 5.41 Å². The number of fused-ring (bicyclic) bond motifs is 5. The maximum atomic E-state index is 12.4. The molecule has 0 aliphatic heterocycles. The smallest absolute Gasteiger partial charge is 0.371 e. The van der Waals surface area contributed by atoms with Crippen LogP contribution < -0.4 is 8.91 Å². The molecule has 0 heterocycles. The molecule has 1 N–H and O–H groups in total. The van der Waals surface area contributed by atoms with Gasteiger partial charge in [0.15, 0.2) is 0 Å². The summed E-state index contributed by atoms with van der Waals surface area (Å²) in [6.07, 6.45) is 5.80. The average Bonchev–Trinajstić information content (AvgIpc) is 2.89. The molecular formula is C19H25NO4S. The number of hydrogen-bond acceptors (Lipinski definition) is 4. The maximum Gasteiger partial charge on any atom is 0.382 e. The fourth-order valence-electron chi connectivity index (χ4n) is 5.55. The molecule has 4 atom stereocenters. The second-order valence-corrected chi connectivity index (χ2v) is 9.42. The Kier molecular flexibility index (Phi) is 3.96. The van der Waals surface area contributed by atoms with Crippen LogP contribution in [0, 0.1) is 17.3 Å². The molecule has 6 heteroatoms. The van der Waals surface area contributed by atoms with E-state index in [0.717, 1.165) is 38.5 Å². The summed E-state index contributed by atoms with van der Waals surface area (Å²) in [5.41, 5.74) is 2.41. The third-order valence-electron chi connectivity index (χ3n) is 6.86. The van der Waals surface area contributed by atoms with Crippen LogP contribution in [0.4, 0.5) is 0 Å². The van der Waals surface area contributed by atoms with Crippen LogP contribution in [0.15, 0.2) is 18.2 Å². The summed E-state index contributed by atoms with van der Waals surface area (Å²) in [6, 6.07) is 5.66. The lowest BCUT2D eigenvalue weighted by Gasteiger charge is -2.48. The molecule has 4 rings (SSSR count). The van der Waals surface area contributed by atoms with Gasteiger partial charge >= 0.3 is 10.3 Å². The monoisotopic (exact) mass is 363 g/mol. The highest BCUT2D eigenvalue weighted by Gasteiger charge is 2.54. The minimum Gasteiger partial charge on any atom is -0.371 e. The molecule has 3 aliphatic carbocycles. The minimum absolute atomic E-state index is 0.109. The quantitative estimate of drug-likeness (QED) is 0.896. The van der Waals surface area contributed by atoms with Crippen molar-refractivity contribution in [3.8, 4) is 5.75 Å². The van der Waals surface area contributed by atoms with Crippen LogP contribution in [0.25, 0.3) is 0 Å². The zero-order chi connectivity index (χ0) is 17.8. The van der Waals surface area contributed by atoms with Gasteiger partial charge in [0.25, 0.3) is 0 Å². The topological polar surface area (TPSA) is 72.5 Å². The molecule has 25 heavy (non-hydrogen) atoms. The fraction of sp³-hybridized carbons (Fsp3) is 0.632. The molecule has 0 saturated heterocycles. The van der Waals surface area contributed by atoms with Crippen LogP contribution in [0.3, 0.4) is 0 Å². The highest BCUT2D eigenvalue weighted by molar-refractivity contribution is 7.85. The molecule has 0 spiro atoms. The first-order chi connectivity index (χ1) is 11.8. The molecule has 136 valence electrons. The van der Waals surface area contributed by atoms with E-state index in [1.807, 2.05) is 12.1 Å². The summed E-state index contributed by atoms with van der Waals surface area (Å²) < 4.78 is 30.4. The number of ketones is 1. The lowest BCUT2D eigenvalue weighted by molar-refractivity contribution is -0.129. The average molecular weight is 363 g/mol. The maximum absolute atomic E-state index is 12.4. The van der Waals surface area contributed by atoms with Crippen molar-refractivity contribution < 1.29 is 17.4 Å². The third kappa shape index (κ3) is 2.70. The minimum atomic E-state index is -3.74. The molecular weight excluding hydrogens is 338 g/mol.